The molecule has 0 heterocycles. The van der Waals surface area contributed by atoms with Crippen LogP contribution in [0, 0.1) is 0 Å². The predicted molar refractivity (Wildman–Crippen MR) is 255 cm³/mol. The maximum absolute atomic E-state index is 13.3. The van der Waals surface area contributed by atoms with E-state index in [4.69, 9.17) is 28.8 Å². The van der Waals surface area contributed by atoms with Crippen LogP contribution in [0.1, 0.15) is 194 Å². The summed E-state index contributed by atoms with van der Waals surface area (Å²) in [6.45, 7) is 1.19. The maximum Gasteiger partial charge on any atom is 1.00 e. The van der Waals surface area contributed by atoms with Crippen LogP contribution < -0.4 is 144 Å². The summed E-state index contributed by atoms with van der Waals surface area (Å²) in [6.07, 6.45) is 6.02. The van der Waals surface area contributed by atoms with Crippen LogP contribution in [0.5, 0.6) is 0 Å². The standard InChI is InChI=1S/C44H89NO23P4.4Na/c1-3-5-7-9-11-13-15-17-19-21-23-25-27-29-37(46)64-35(33-62-71(57,58)61-32-31-45)36(65-38(47)30-28-26-24-22-20-18-16-14-12-10-8-6-4-2)34-63-72(59,60)68-42-39(48)40(49)43(66-69(51,52)53)44(41(42)50)67-70(54,55)56;;;;/h35-36,39-44,48-50H,3-34,45H2,1-2H3,(H,57,58)(H,59,60)(H2,51,52,53)(H2,54,55,56);;;;/q;4*+1/p-4/t35-,36-,39-,40+,41+,42-,43-,44-;;;;/m1..../s1. The van der Waals surface area contributed by atoms with Crippen molar-refractivity contribution in [1.29, 1.82) is 0 Å². The number of unbranched alkanes of at least 4 members (excludes halogenated alkanes) is 24. The molecule has 32 heteroatoms. The Balaban J connectivity index is -0.00000648. The van der Waals surface area contributed by atoms with Gasteiger partial charge in [0.05, 0.1) is 19.8 Å². The fraction of sp³-hybridized carbons (Fsp3) is 0.955. The Hall–Kier alpha value is 3.22. The summed E-state index contributed by atoms with van der Waals surface area (Å²) in [5, 5.41) is 32.1. The van der Waals surface area contributed by atoms with Crippen molar-refractivity contribution >= 4 is 43.2 Å². The second-order valence-electron chi connectivity index (χ2n) is 18.3. The average Bonchev–Trinajstić information content (AvgIpc) is 3.30. The molecule has 24 nitrogen and oxygen atoms in total. The van der Waals surface area contributed by atoms with Crippen molar-refractivity contribution in [1.82, 2.24) is 0 Å². The fourth-order valence-electron chi connectivity index (χ4n) is 8.02. The normalized spacial score (nSPS) is 22.3. The number of aliphatic hydroxyl groups is 3. The number of carbonyl (C=O) groups is 2. The van der Waals surface area contributed by atoms with E-state index in [1.54, 1.807) is 0 Å². The molecule has 1 aliphatic rings. The van der Waals surface area contributed by atoms with E-state index in [1.165, 1.54) is 77.0 Å². The summed E-state index contributed by atoms with van der Waals surface area (Å²) in [7, 11) is -23.1. The summed E-state index contributed by atoms with van der Waals surface area (Å²) >= 11 is 0. The van der Waals surface area contributed by atoms with Crippen molar-refractivity contribution in [3.63, 3.8) is 0 Å². The number of ether oxygens (including phenoxy) is 2. The van der Waals surface area contributed by atoms with E-state index in [0.717, 1.165) is 64.2 Å². The Bertz CT molecular complexity index is 1660. The molecule has 0 aromatic rings. The van der Waals surface area contributed by atoms with Gasteiger partial charge in [0.15, 0.2) is 12.2 Å². The van der Waals surface area contributed by atoms with Gasteiger partial charge in [0.2, 0.25) is 0 Å². The van der Waals surface area contributed by atoms with E-state index in [-0.39, 0.29) is 138 Å². The van der Waals surface area contributed by atoms with Crippen molar-refractivity contribution in [3.8, 4) is 0 Å². The SMILES string of the molecule is CCCCCCCCCCCCCCCC(=O)O[C@H](COP(=O)([O-])OCCN)[C@@H](COP(=O)([O-])O[C@@H]1[C@H](O)[C@H](O)[C@@H](OP(=O)([O-])O)[C@H](OP(=O)([O-])O)[C@H]1O)OC(=O)CCCCCCCCCCCCCCC.[Na+].[Na+].[Na+].[Na+]. The third-order valence-corrected chi connectivity index (χ3v) is 14.8. The van der Waals surface area contributed by atoms with Crippen molar-refractivity contribution in [2.24, 2.45) is 5.73 Å². The molecule has 1 saturated carbocycles. The Morgan fingerprint density at radius 2 is 0.737 bits per heavy atom. The molecule has 1 fully saturated rings. The first-order valence-corrected chi connectivity index (χ1v) is 31.7. The van der Waals surface area contributed by atoms with Gasteiger partial charge in [-0.05, 0) is 12.8 Å². The molecule has 0 aliphatic heterocycles. The van der Waals surface area contributed by atoms with Crippen molar-refractivity contribution in [2.45, 2.75) is 242 Å². The molecule has 428 valence electrons. The van der Waals surface area contributed by atoms with Crippen LogP contribution in [-0.2, 0) is 64.5 Å². The predicted octanol–water partition coefficient (Wildman–Crippen LogP) is -7.09. The van der Waals surface area contributed by atoms with Crippen molar-refractivity contribution in [2.75, 3.05) is 26.4 Å². The number of hydrogen-bond acceptors (Lipinski definition) is 22. The van der Waals surface area contributed by atoms with E-state index >= 15 is 0 Å². The van der Waals surface area contributed by atoms with Crippen LogP contribution in [0.25, 0.3) is 0 Å². The molecule has 1 rings (SSSR count). The third kappa shape index (κ3) is 43.8. The number of phosphoric ester groups is 4. The second-order valence-corrected chi connectivity index (χ2v) is 23.3. The van der Waals surface area contributed by atoms with Crippen LogP contribution in [0.4, 0.5) is 0 Å². The van der Waals surface area contributed by atoms with Gasteiger partial charge in [0.1, 0.15) is 36.6 Å². The molecular weight excluding hydrogens is 1130 g/mol. The molecule has 7 N–H and O–H groups in total. The van der Waals surface area contributed by atoms with Crippen LogP contribution in [0.2, 0.25) is 0 Å². The minimum Gasteiger partial charge on any atom is -0.756 e. The number of rotatable bonds is 46. The van der Waals surface area contributed by atoms with Crippen LogP contribution >= 0.6 is 31.3 Å². The fourth-order valence-corrected chi connectivity index (χ4v) is 10.8. The number of phosphoric acid groups is 4. The van der Waals surface area contributed by atoms with Gasteiger partial charge in [-0.2, -0.15) is 0 Å². The Kier molecular flexibility index (Phi) is 55.6. The first kappa shape index (κ1) is 85.7. The number of nitrogens with two attached hydrogens (primary N) is 1. The van der Waals surface area contributed by atoms with Gasteiger partial charge in [0, 0.05) is 19.4 Å². The van der Waals surface area contributed by atoms with Crippen molar-refractivity contribution in [3.05, 3.63) is 0 Å². The summed E-state index contributed by atoms with van der Waals surface area (Å²) in [5.74, 6) is -1.86. The zero-order valence-corrected chi connectivity index (χ0v) is 57.8. The number of carbonyl (C=O) groups excluding carboxylic acids is 2. The molecular formula is C44H85NNa4O23P4. The zero-order valence-electron chi connectivity index (χ0n) is 46.2. The second kappa shape index (κ2) is 49.3. The molecule has 76 heavy (non-hydrogen) atoms. The quantitative estimate of drug-likeness (QED) is 0.0143. The molecule has 0 aromatic carbocycles. The summed E-state index contributed by atoms with van der Waals surface area (Å²) in [6, 6.07) is 0. The zero-order chi connectivity index (χ0) is 54.1. The molecule has 0 radical (unpaired) electrons. The van der Waals surface area contributed by atoms with Crippen LogP contribution in [-0.4, -0.2) is 112 Å². The molecule has 12 atom stereocenters. The van der Waals surface area contributed by atoms with Crippen LogP contribution in [0.3, 0.4) is 0 Å². The Morgan fingerprint density at radius 1 is 0.447 bits per heavy atom. The summed E-state index contributed by atoms with van der Waals surface area (Å²) in [4.78, 5) is 93.9. The van der Waals surface area contributed by atoms with E-state index in [0.29, 0.717) is 25.7 Å². The van der Waals surface area contributed by atoms with Gasteiger partial charge >= 0.3 is 130 Å². The van der Waals surface area contributed by atoms with Crippen LogP contribution in [0.15, 0.2) is 0 Å². The molecule has 4 unspecified atom stereocenters. The van der Waals surface area contributed by atoms with E-state index in [9.17, 15) is 72.5 Å². The van der Waals surface area contributed by atoms with Gasteiger partial charge in [0.25, 0.3) is 31.3 Å². The summed E-state index contributed by atoms with van der Waals surface area (Å²) < 4.78 is 87.6. The molecule has 1 aliphatic carbocycles. The smallest absolute Gasteiger partial charge is 0.756 e. The van der Waals surface area contributed by atoms with Gasteiger partial charge in [-0.25, -0.2) is 0 Å². The number of hydrogen-bond donors (Lipinski definition) is 6. The largest absolute Gasteiger partial charge is 1.00 e. The monoisotopic (exact) mass is 1210 g/mol. The minimum atomic E-state index is -6.01. The Labute approximate surface area is 539 Å². The first-order chi connectivity index (χ1) is 34.0. The van der Waals surface area contributed by atoms with Crippen molar-refractivity contribution < 1.29 is 227 Å². The minimum absolute atomic E-state index is 0. The Morgan fingerprint density at radius 3 is 1.05 bits per heavy atom. The average molecular weight is 1210 g/mol. The molecule has 0 saturated heterocycles. The first-order valence-electron chi connectivity index (χ1n) is 25.8. The van der Waals surface area contributed by atoms with Gasteiger partial charge in [-0.15, -0.1) is 0 Å². The topological polar surface area (TPSA) is 396 Å². The van der Waals surface area contributed by atoms with E-state index < -0.39 is 112 Å². The van der Waals surface area contributed by atoms with Gasteiger partial charge in [-0.1, -0.05) is 168 Å². The molecule has 0 aromatic heterocycles. The van der Waals surface area contributed by atoms with E-state index in [1.807, 2.05) is 0 Å². The van der Waals surface area contributed by atoms with Gasteiger partial charge in [-0.3, -0.25) is 27.8 Å². The number of esters is 2. The maximum atomic E-state index is 13.3. The molecule has 0 spiro atoms. The molecule has 0 amide bonds. The van der Waals surface area contributed by atoms with E-state index in [2.05, 4.69) is 27.4 Å². The van der Waals surface area contributed by atoms with Gasteiger partial charge < -0.3 is 87.0 Å². The molecule has 0 bridgehead atoms. The third-order valence-electron chi connectivity index (χ3n) is 11.9. The number of aliphatic hydroxyl groups excluding tert-OH is 3. The summed E-state index contributed by atoms with van der Waals surface area (Å²) in [5.41, 5.74) is 5.35.